The highest BCUT2D eigenvalue weighted by Crippen LogP contribution is 2.29. The maximum Gasteiger partial charge on any atom is 0.0986 e. The fraction of sp³-hybridized carbons (Fsp3) is 0.471. The average Bonchev–Trinajstić information content (AvgIpc) is 2.79. The van der Waals surface area contributed by atoms with Crippen molar-refractivity contribution < 1.29 is 0 Å². The van der Waals surface area contributed by atoms with E-state index in [0.717, 1.165) is 18.7 Å². The molecule has 0 spiro atoms. The topological polar surface area (TPSA) is 29.9 Å². The van der Waals surface area contributed by atoms with Gasteiger partial charge in [0.2, 0.25) is 0 Å². The molecule has 0 aliphatic rings. The largest absolute Gasteiger partial charge is 0.310 e. The summed E-state index contributed by atoms with van der Waals surface area (Å²) in [6, 6.07) is 11.5. The molecule has 0 bridgehead atoms. The van der Waals surface area contributed by atoms with Gasteiger partial charge in [-0.1, -0.05) is 37.7 Å². The van der Waals surface area contributed by atoms with Gasteiger partial charge in [0.05, 0.1) is 10.7 Å². The number of nitrogens with zero attached hydrogens (tertiary/aromatic N) is 2. The zero-order chi connectivity index (χ0) is 15.2. The summed E-state index contributed by atoms with van der Waals surface area (Å²) in [5, 5.41) is 9.16. The van der Waals surface area contributed by atoms with Crippen molar-refractivity contribution in [3.05, 3.63) is 41.6 Å². The molecule has 0 amide bonds. The molecule has 1 aromatic carbocycles. The van der Waals surface area contributed by atoms with Crippen molar-refractivity contribution in [2.45, 2.75) is 49.6 Å². The molecule has 114 valence electrons. The maximum absolute atomic E-state index is 4.39. The Hall–Kier alpha value is -1.26. The maximum atomic E-state index is 4.39. The Labute approximate surface area is 132 Å². The summed E-state index contributed by atoms with van der Waals surface area (Å²) in [4.78, 5) is 1.26. The molecule has 2 rings (SSSR count). The number of hydrogen-bond acceptors (Lipinski definition) is 3. The number of aryl methyl sites for hydroxylation is 2. The Morgan fingerprint density at radius 3 is 2.48 bits per heavy atom. The van der Waals surface area contributed by atoms with Crippen LogP contribution in [0.15, 0.2) is 40.3 Å². The van der Waals surface area contributed by atoms with Crippen molar-refractivity contribution in [1.29, 1.82) is 0 Å². The standard InChI is InChI=1S/C17H25N3S/c1-5-11-18-16(6-2)14-7-9-15(10-8-14)21-17-12-13(3)19-20(17)4/h7-10,12,16,18H,5-6,11H2,1-4H3. The number of hydrogen-bond donors (Lipinski definition) is 1. The van der Waals surface area contributed by atoms with Gasteiger partial charge in [0, 0.05) is 18.0 Å². The SMILES string of the molecule is CCCNC(CC)c1ccc(Sc2cc(C)nn2C)cc1. The monoisotopic (exact) mass is 303 g/mol. The summed E-state index contributed by atoms with van der Waals surface area (Å²) in [6.45, 7) is 7.53. The second-order valence-electron chi connectivity index (χ2n) is 5.33. The lowest BCUT2D eigenvalue weighted by molar-refractivity contribution is 0.518. The Morgan fingerprint density at radius 2 is 1.95 bits per heavy atom. The van der Waals surface area contributed by atoms with E-state index < -0.39 is 0 Å². The number of rotatable bonds is 7. The molecule has 1 heterocycles. The highest BCUT2D eigenvalue weighted by Gasteiger charge is 2.09. The number of aromatic nitrogens is 2. The van der Waals surface area contributed by atoms with Crippen LogP contribution in [0.3, 0.4) is 0 Å². The molecule has 2 aromatic rings. The van der Waals surface area contributed by atoms with Crippen LogP contribution in [-0.4, -0.2) is 16.3 Å². The van der Waals surface area contributed by atoms with Crippen molar-refractivity contribution in [3.8, 4) is 0 Å². The lowest BCUT2D eigenvalue weighted by atomic mass is 10.0. The first-order chi connectivity index (χ1) is 10.1. The summed E-state index contributed by atoms with van der Waals surface area (Å²) >= 11 is 1.76. The van der Waals surface area contributed by atoms with Gasteiger partial charge in [0.15, 0.2) is 0 Å². The van der Waals surface area contributed by atoms with Crippen molar-refractivity contribution >= 4 is 11.8 Å². The normalized spacial score (nSPS) is 12.6. The van der Waals surface area contributed by atoms with Crippen molar-refractivity contribution in [2.75, 3.05) is 6.54 Å². The Bertz CT molecular complexity index is 560. The molecule has 4 heteroatoms. The lowest BCUT2D eigenvalue weighted by Crippen LogP contribution is -2.21. The minimum atomic E-state index is 0.461. The minimum Gasteiger partial charge on any atom is -0.310 e. The van der Waals surface area contributed by atoms with Gasteiger partial charge in [-0.15, -0.1) is 0 Å². The summed E-state index contributed by atoms with van der Waals surface area (Å²) in [5.74, 6) is 0. The van der Waals surface area contributed by atoms with Crippen LogP contribution in [0.5, 0.6) is 0 Å². The highest BCUT2D eigenvalue weighted by molar-refractivity contribution is 7.99. The first kappa shape index (κ1) is 16.1. The summed E-state index contributed by atoms with van der Waals surface area (Å²) in [6.07, 6.45) is 2.29. The van der Waals surface area contributed by atoms with E-state index in [-0.39, 0.29) is 0 Å². The van der Waals surface area contributed by atoms with Gasteiger partial charge in [0.25, 0.3) is 0 Å². The average molecular weight is 303 g/mol. The molecule has 1 unspecified atom stereocenters. The Kier molecular flexibility index (Phi) is 5.88. The molecule has 0 radical (unpaired) electrons. The molecule has 3 nitrogen and oxygen atoms in total. The molecule has 0 saturated carbocycles. The van der Waals surface area contributed by atoms with Crippen LogP contribution >= 0.6 is 11.8 Å². The predicted molar refractivity (Wildman–Crippen MR) is 89.8 cm³/mol. The van der Waals surface area contributed by atoms with E-state index >= 15 is 0 Å². The van der Waals surface area contributed by atoms with Gasteiger partial charge in [-0.2, -0.15) is 5.10 Å². The molecule has 0 saturated heterocycles. The second-order valence-corrected chi connectivity index (χ2v) is 6.43. The minimum absolute atomic E-state index is 0.461. The van der Waals surface area contributed by atoms with Gasteiger partial charge < -0.3 is 5.32 Å². The van der Waals surface area contributed by atoms with Crippen molar-refractivity contribution in [3.63, 3.8) is 0 Å². The van der Waals surface area contributed by atoms with Gasteiger partial charge >= 0.3 is 0 Å². The van der Waals surface area contributed by atoms with Crippen LogP contribution < -0.4 is 5.32 Å². The first-order valence-electron chi connectivity index (χ1n) is 7.65. The van der Waals surface area contributed by atoms with E-state index in [1.165, 1.54) is 21.9 Å². The van der Waals surface area contributed by atoms with Gasteiger partial charge in [-0.25, -0.2) is 0 Å². The van der Waals surface area contributed by atoms with Crippen LogP contribution in [0.2, 0.25) is 0 Å². The van der Waals surface area contributed by atoms with E-state index in [9.17, 15) is 0 Å². The zero-order valence-electron chi connectivity index (χ0n) is 13.4. The predicted octanol–water partition coefficient (Wildman–Crippen LogP) is 4.33. The lowest BCUT2D eigenvalue weighted by Gasteiger charge is -2.17. The van der Waals surface area contributed by atoms with Crippen LogP contribution in [-0.2, 0) is 7.05 Å². The van der Waals surface area contributed by atoms with Crippen LogP contribution in [0.1, 0.15) is 44.0 Å². The van der Waals surface area contributed by atoms with Gasteiger partial charge in [-0.3, -0.25) is 4.68 Å². The third-order valence-electron chi connectivity index (χ3n) is 3.51. The van der Waals surface area contributed by atoms with Gasteiger partial charge in [-0.05, 0) is 50.1 Å². The molecule has 0 fully saturated rings. The third kappa shape index (κ3) is 4.35. The van der Waals surface area contributed by atoms with Crippen LogP contribution in [0.25, 0.3) is 0 Å². The smallest absolute Gasteiger partial charge is 0.0986 e. The van der Waals surface area contributed by atoms with Crippen molar-refractivity contribution in [2.24, 2.45) is 7.05 Å². The molecule has 0 aliphatic carbocycles. The van der Waals surface area contributed by atoms with E-state index in [1.54, 1.807) is 11.8 Å². The van der Waals surface area contributed by atoms with E-state index in [2.05, 4.69) is 54.6 Å². The third-order valence-corrected chi connectivity index (χ3v) is 4.61. The van der Waals surface area contributed by atoms with Gasteiger partial charge in [0.1, 0.15) is 0 Å². The van der Waals surface area contributed by atoms with E-state index in [0.29, 0.717) is 6.04 Å². The summed E-state index contributed by atoms with van der Waals surface area (Å²) in [5.41, 5.74) is 2.43. The summed E-state index contributed by atoms with van der Waals surface area (Å²) in [7, 11) is 1.99. The fourth-order valence-corrected chi connectivity index (χ4v) is 3.30. The Balaban J connectivity index is 2.06. The fourth-order valence-electron chi connectivity index (χ4n) is 2.39. The number of nitrogens with one attached hydrogen (secondary N) is 1. The summed E-state index contributed by atoms with van der Waals surface area (Å²) < 4.78 is 1.94. The van der Waals surface area contributed by atoms with Crippen molar-refractivity contribution in [1.82, 2.24) is 15.1 Å². The second kappa shape index (κ2) is 7.66. The molecule has 1 atom stereocenters. The molecule has 0 aliphatic heterocycles. The van der Waals surface area contributed by atoms with E-state index in [4.69, 9.17) is 0 Å². The molecule has 1 aromatic heterocycles. The number of benzene rings is 1. The molecular weight excluding hydrogens is 278 g/mol. The zero-order valence-corrected chi connectivity index (χ0v) is 14.2. The van der Waals surface area contributed by atoms with Crippen LogP contribution in [0.4, 0.5) is 0 Å². The molecule has 21 heavy (non-hydrogen) atoms. The molecular formula is C17H25N3S. The quantitative estimate of drug-likeness (QED) is 0.825. The van der Waals surface area contributed by atoms with Crippen LogP contribution in [0, 0.1) is 6.92 Å². The highest BCUT2D eigenvalue weighted by atomic mass is 32.2. The Morgan fingerprint density at radius 1 is 1.24 bits per heavy atom. The van der Waals surface area contributed by atoms with E-state index in [1.807, 2.05) is 18.7 Å². The molecule has 1 N–H and O–H groups in total. The first-order valence-corrected chi connectivity index (χ1v) is 8.47.